The van der Waals surface area contributed by atoms with Crippen LogP contribution in [0.5, 0.6) is 0 Å². The number of rotatable bonds is 7. The fourth-order valence-electron chi connectivity index (χ4n) is 2.78. The molecule has 1 aromatic heterocycles. The van der Waals surface area contributed by atoms with Gasteiger partial charge in [-0.15, -0.1) is 0 Å². The quantitative estimate of drug-likeness (QED) is 0.688. The molecule has 0 spiro atoms. The molecule has 0 aliphatic carbocycles. The molecular weight excluding hydrogens is 340 g/mol. The van der Waals surface area contributed by atoms with E-state index in [9.17, 15) is 9.00 Å². The van der Waals surface area contributed by atoms with Crippen molar-refractivity contribution in [3.8, 4) is 0 Å². The van der Waals surface area contributed by atoms with Gasteiger partial charge in [-0.1, -0.05) is 12.1 Å². The maximum absolute atomic E-state index is 12.5. The van der Waals surface area contributed by atoms with Crippen molar-refractivity contribution in [1.82, 2.24) is 15.5 Å². The molecule has 0 bridgehead atoms. The number of aromatic nitrogens is 2. The monoisotopic (exact) mass is 362 g/mol. The van der Waals surface area contributed by atoms with E-state index in [1.807, 2.05) is 24.3 Å². The highest BCUT2D eigenvalue weighted by molar-refractivity contribution is 7.84. The maximum atomic E-state index is 12.5. The van der Waals surface area contributed by atoms with E-state index in [2.05, 4.69) is 20.8 Å². The molecule has 1 atom stereocenters. The number of anilines is 1. The number of nitrogens with zero attached hydrogens (tertiary/aromatic N) is 1. The Morgan fingerprint density at radius 3 is 3.16 bits per heavy atom. The summed E-state index contributed by atoms with van der Waals surface area (Å²) < 4.78 is 16.9. The normalized spacial score (nSPS) is 14.8. The highest BCUT2D eigenvalue weighted by Gasteiger charge is 2.21. The molecule has 0 saturated heterocycles. The SMILES string of the molecule is COCCS(=O)Cc1cccc(NC(=O)c2n[nH]c3c2CNCC3)c1. The van der Waals surface area contributed by atoms with E-state index in [-0.39, 0.29) is 5.91 Å². The number of benzene rings is 1. The Morgan fingerprint density at radius 2 is 2.32 bits per heavy atom. The van der Waals surface area contributed by atoms with E-state index in [4.69, 9.17) is 4.74 Å². The Balaban J connectivity index is 1.66. The molecule has 3 N–H and O–H groups in total. The van der Waals surface area contributed by atoms with Gasteiger partial charge in [0, 0.05) is 65.9 Å². The molecule has 1 amide bonds. The fraction of sp³-hybridized carbons (Fsp3) is 0.412. The van der Waals surface area contributed by atoms with Crippen molar-refractivity contribution >= 4 is 22.4 Å². The van der Waals surface area contributed by atoms with Gasteiger partial charge in [-0.2, -0.15) is 5.10 Å². The summed E-state index contributed by atoms with van der Waals surface area (Å²) in [4.78, 5) is 12.5. The minimum absolute atomic E-state index is 0.237. The summed E-state index contributed by atoms with van der Waals surface area (Å²) in [6.45, 7) is 2.01. The summed E-state index contributed by atoms with van der Waals surface area (Å²) in [6, 6.07) is 7.41. The number of carbonyl (C=O) groups excluding carboxylic acids is 1. The van der Waals surface area contributed by atoms with Gasteiger partial charge >= 0.3 is 0 Å². The summed E-state index contributed by atoms with van der Waals surface area (Å²) in [6.07, 6.45) is 0.846. The number of nitrogens with one attached hydrogen (secondary N) is 3. The Labute approximate surface area is 149 Å². The van der Waals surface area contributed by atoms with Crippen LogP contribution < -0.4 is 10.6 Å². The van der Waals surface area contributed by atoms with E-state index >= 15 is 0 Å². The summed E-state index contributed by atoms with van der Waals surface area (Å²) in [7, 11) is 0.607. The molecular formula is C17H22N4O3S. The number of hydrogen-bond donors (Lipinski definition) is 3. The predicted octanol–water partition coefficient (Wildman–Crippen LogP) is 1.20. The van der Waals surface area contributed by atoms with Crippen LogP contribution in [0.1, 0.15) is 27.3 Å². The van der Waals surface area contributed by atoms with E-state index in [1.54, 1.807) is 7.11 Å². The van der Waals surface area contributed by atoms with Crippen LogP contribution in [-0.2, 0) is 34.3 Å². The van der Waals surface area contributed by atoms with Crippen molar-refractivity contribution in [2.24, 2.45) is 0 Å². The number of amides is 1. The average Bonchev–Trinajstić information content (AvgIpc) is 3.04. The lowest BCUT2D eigenvalue weighted by Gasteiger charge is -2.13. The third-order valence-corrected chi connectivity index (χ3v) is 5.33. The van der Waals surface area contributed by atoms with Crippen LogP contribution in [-0.4, -0.2) is 46.3 Å². The van der Waals surface area contributed by atoms with E-state index < -0.39 is 10.8 Å². The first-order valence-electron chi connectivity index (χ1n) is 8.18. The van der Waals surface area contributed by atoms with Gasteiger partial charge in [0.1, 0.15) is 0 Å². The second-order valence-corrected chi connectivity index (χ2v) is 7.47. The van der Waals surface area contributed by atoms with Crippen molar-refractivity contribution in [2.45, 2.75) is 18.7 Å². The molecule has 0 radical (unpaired) electrons. The molecule has 25 heavy (non-hydrogen) atoms. The van der Waals surface area contributed by atoms with Gasteiger partial charge in [0.15, 0.2) is 5.69 Å². The van der Waals surface area contributed by atoms with Crippen LogP contribution >= 0.6 is 0 Å². The van der Waals surface area contributed by atoms with Crippen molar-refractivity contribution in [1.29, 1.82) is 0 Å². The van der Waals surface area contributed by atoms with Gasteiger partial charge in [0.2, 0.25) is 0 Å². The molecule has 2 heterocycles. The number of H-pyrrole nitrogens is 1. The van der Waals surface area contributed by atoms with Gasteiger partial charge < -0.3 is 15.4 Å². The summed E-state index contributed by atoms with van der Waals surface area (Å²) in [5, 5.41) is 13.2. The zero-order chi connectivity index (χ0) is 17.6. The largest absolute Gasteiger partial charge is 0.384 e. The van der Waals surface area contributed by atoms with Gasteiger partial charge in [0.25, 0.3) is 5.91 Å². The topological polar surface area (TPSA) is 96.1 Å². The summed E-state index contributed by atoms with van der Waals surface area (Å²) in [5.74, 6) is 0.702. The lowest BCUT2D eigenvalue weighted by Crippen LogP contribution is -2.25. The Hall–Kier alpha value is -2.03. The number of ether oxygens (including phenoxy) is 1. The van der Waals surface area contributed by atoms with Crippen LogP contribution in [0.2, 0.25) is 0 Å². The first-order valence-corrected chi connectivity index (χ1v) is 9.67. The second kappa shape index (κ2) is 8.37. The van der Waals surface area contributed by atoms with Crippen LogP contribution in [0.4, 0.5) is 5.69 Å². The predicted molar refractivity (Wildman–Crippen MR) is 97.0 cm³/mol. The third-order valence-electron chi connectivity index (χ3n) is 4.05. The van der Waals surface area contributed by atoms with Gasteiger partial charge in [-0.25, -0.2) is 0 Å². The lowest BCUT2D eigenvalue weighted by atomic mass is 10.1. The van der Waals surface area contributed by atoms with Crippen LogP contribution in [0, 0.1) is 0 Å². The molecule has 1 aromatic carbocycles. The Bertz CT molecular complexity index is 775. The van der Waals surface area contributed by atoms with E-state index in [1.165, 1.54) is 0 Å². The standard InChI is InChI=1S/C17H22N4O3S/c1-24-7-8-25(23)11-12-3-2-4-13(9-12)19-17(22)16-14-10-18-6-5-15(14)20-21-16/h2-4,9,18H,5-8,10-11H2,1H3,(H,19,22)(H,20,21). The number of aromatic amines is 1. The first kappa shape index (κ1) is 17.8. The van der Waals surface area contributed by atoms with Crippen molar-refractivity contribution < 1.29 is 13.7 Å². The van der Waals surface area contributed by atoms with Gasteiger partial charge in [0.05, 0.1) is 6.61 Å². The highest BCUT2D eigenvalue weighted by atomic mass is 32.2. The molecule has 7 nitrogen and oxygen atoms in total. The van der Waals surface area contributed by atoms with Gasteiger partial charge in [-0.05, 0) is 17.7 Å². The van der Waals surface area contributed by atoms with Crippen LogP contribution in [0.15, 0.2) is 24.3 Å². The van der Waals surface area contributed by atoms with Crippen LogP contribution in [0.25, 0.3) is 0 Å². The van der Waals surface area contributed by atoms with Crippen LogP contribution in [0.3, 0.4) is 0 Å². The van der Waals surface area contributed by atoms with E-state index in [0.29, 0.717) is 36.0 Å². The summed E-state index contributed by atoms with van der Waals surface area (Å²) >= 11 is 0. The first-order chi connectivity index (χ1) is 12.2. The fourth-order valence-corrected chi connectivity index (χ4v) is 3.82. The molecule has 2 aromatic rings. The smallest absolute Gasteiger partial charge is 0.276 e. The minimum atomic E-state index is -0.987. The maximum Gasteiger partial charge on any atom is 0.276 e. The second-order valence-electron chi connectivity index (χ2n) is 5.89. The number of fused-ring (bicyclic) bond motifs is 1. The molecule has 1 unspecified atom stereocenters. The zero-order valence-corrected chi connectivity index (χ0v) is 14.9. The third kappa shape index (κ3) is 4.53. The molecule has 1 aliphatic heterocycles. The van der Waals surface area contributed by atoms with Crippen molar-refractivity contribution in [2.75, 3.05) is 31.3 Å². The summed E-state index contributed by atoms with van der Waals surface area (Å²) in [5.41, 5.74) is 3.97. The van der Waals surface area contributed by atoms with Crippen molar-refractivity contribution in [3.05, 3.63) is 46.8 Å². The number of carbonyl (C=O) groups is 1. The molecule has 0 fully saturated rings. The molecule has 3 rings (SSSR count). The minimum Gasteiger partial charge on any atom is -0.384 e. The molecule has 0 saturated carbocycles. The number of methoxy groups -OCH3 is 1. The van der Waals surface area contributed by atoms with E-state index in [0.717, 1.165) is 29.8 Å². The molecule has 134 valence electrons. The van der Waals surface area contributed by atoms with Crippen molar-refractivity contribution in [3.63, 3.8) is 0 Å². The average molecular weight is 362 g/mol. The molecule has 1 aliphatic rings. The lowest BCUT2D eigenvalue weighted by molar-refractivity contribution is 0.102. The Kier molecular flexibility index (Phi) is 5.95. The zero-order valence-electron chi connectivity index (χ0n) is 14.1. The number of hydrogen-bond acceptors (Lipinski definition) is 5. The Morgan fingerprint density at radius 1 is 1.44 bits per heavy atom. The van der Waals surface area contributed by atoms with Gasteiger partial charge in [-0.3, -0.25) is 14.1 Å². The highest BCUT2D eigenvalue weighted by Crippen LogP contribution is 2.18. The molecule has 8 heteroatoms.